The Morgan fingerprint density at radius 2 is 1.88 bits per heavy atom. The Hall–Kier alpha value is -0.120. The maximum absolute atomic E-state index is 5.37. The van der Waals surface area contributed by atoms with Gasteiger partial charge in [-0.2, -0.15) is 0 Å². The lowest BCUT2D eigenvalue weighted by Crippen LogP contribution is -2.46. The van der Waals surface area contributed by atoms with Gasteiger partial charge in [-0.05, 0) is 45.7 Å². The summed E-state index contributed by atoms with van der Waals surface area (Å²) in [6, 6.07) is 1.39. The van der Waals surface area contributed by atoms with Crippen LogP contribution in [0, 0.1) is 0 Å². The van der Waals surface area contributed by atoms with Crippen LogP contribution >= 0.6 is 0 Å². The van der Waals surface area contributed by atoms with Crippen molar-refractivity contribution in [1.82, 2.24) is 10.2 Å². The molecule has 0 aromatic carbocycles. The zero-order valence-electron chi connectivity index (χ0n) is 10.6. The first-order valence-corrected chi connectivity index (χ1v) is 6.91. The van der Waals surface area contributed by atoms with Crippen LogP contribution < -0.4 is 5.32 Å². The summed E-state index contributed by atoms with van der Waals surface area (Å²) in [5.41, 5.74) is 0. The van der Waals surface area contributed by atoms with Gasteiger partial charge in [-0.1, -0.05) is 6.42 Å². The van der Waals surface area contributed by atoms with Crippen molar-refractivity contribution >= 4 is 0 Å². The topological polar surface area (TPSA) is 24.5 Å². The minimum absolute atomic E-state index is 0.695. The molecule has 0 aromatic heterocycles. The van der Waals surface area contributed by atoms with E-state index in [1.54, 1.807) is 0 Å². The van der Waals surface area contributed by atoms with Crippen LogP contribution in [0.1, 0.15) is 39.0 Å². The molecule has 2 rings (SSSR count). The second-order valence-corrected chi connectivity index (χ2v) is 5.24. The van der Waals surface area contributed by atoms with E-state index in [0.717, 1.165) is 19.8 Å². The molecule has 16 heavy (non-hydrogen) atoms. The van der Waals surface area contributed by atoms with Gasteiger partial charge < -0.3 is 10.1 Å². The second-order valence-electron chi connectivity index (χ2n) is 5.24. The molecular formula is C13H26N2O. The first-order chi connectivity index (χ1) is 7.86. The van der Waals surface area contributed by atoms with Crippen molar-refractivity contribution in [3.63, 3.8) is 0 Å². The van der Waals surface area contributed by atoms with Gasteiger partial charge in [0.15, 0.2) is 0 Å². The third-order valence-electron chi connectivity index (χ3n) is 3.94. The van der Waals surface area contributed by atoms with Gasteiger partial charge in [0, 0.05) is 31.8 Å². The summed E-state index contributed by atoms with van der Waals surface area (Å²) < 4.78 is 5.37. The highest BCUT2D eigenvalue weighted by molar-refractivity contribution is 4.77. The van der Waals surface area contributed by atoms with Gasteiger partial charge in [0.25, 0.3) is 0 Å². The van der Waals surface area contributed by atoms with E-state index in [2.05, 4.69) is 17.1 Å². The van der Waals surface area contributed by atoms with Crippen LogP contribution in [-0.4, -0.2) is 49.8 Å². The summed E-state index contributed by atoms with van der Waals surface area (Å²) in [6.07, 6.45) is 6.58. The van der Waals surface area contributed by atoms with Crippen molar-refractivity contribution in [2.45, 2.75) is 51.1 Å². The number of nitrogens with zero attached hydrogens (tertiary/aromatic N) is 1. The van der Waals surface area contributed by atoms with Crippen molar-refractivity contribution in [2.75, 3.05) is 32.8 Å². The van der Waals surface area contributed by atoms with E-state index >= 15 is 0 Å². The fraction of sp³-hybridized carbons (Fsp3) is 1.00. The maximum Gasteiger partial charge on any atom is 0.0480 e. The summed E-state index contributed by atoms with van der Waals surface area (Å²) in [4.78, 5) is 2.63. The van der Waals surface area contributed by atoms with Gasteiger partial charge in [-0.15, -0.1) is 0 Å². The number of hydrogen-bond donors (Lipinski definition) is 1. The van der Waals surface area contributed by atoms with E-state index < -0.39 is 0 Å². The number of nitrogens with one attached hydrogen (secondary N) is 1. The molecule has 1 atom stereocenters. The van der Waals surface area contributed by atoms with Crippen LogP contribution in [0.3, 0.4) is 0 Å². The number of likely N-dealkylation sites (tertiary alicyclic amines) is 1. The van der Waals surface area contributed by atoms with E-state index in [9.17, 15) is 0 Å². The van der Waals surface area contributed by atoms with Crippen LogP contribution in [0.25, 0.3) is 0 Å². The molecule has 3 heteroatoms. The molecule has 2 heterocycles. The van der Waals surface area contributed by atoms with Crippen molar-refractivity contribution in [3.05, 3.63) is 0 Å². The minimum Gasteiger partial charge on any atom is -0.381 e. The van der Waals surface area contributed by atoms with Crippen molar-refractivity contribution in [2.24, 2.45) is 0 Å². The predicted molar refractivity (Wildman–Crippen MR) is 66.7 cm³/mol. The molecule has 94 valence electrons. The highest BCUT2D eigenvalue weighted by Gasteiger charge is 2.18. The first-order valence-electron chi connectivity index (χ1n) is 6.91. The van der Waals surface area contributed by atoms with Crippen molar-refractivity contribution in [3.8, 4) is 0 Å². The summed E-state index contributed by atoms with van der Waals surface area (Å²) in [5.74, 6) is 0. The van der Waals surface area contributed by atoms with Crippen LogP contribution in [0.5, 0.6) is 0 Å². The van der Waals surface area contributed by atoms with E-state index in [1.807, 2.05) is 0 Å². The highest BCUT2D eigenvalue weighted by Crippen LogP contribution is 2.12. The molecule has 2 fully saturated rings. The third kappa shape index (κ3) is 3.72. The molecule has 3 nitrogen and oxygen atoms in total. The lowest BCUT2D eigenvalue weighted by Gasteiger charge is -2.34. The highest BCUT2D eigenvalue weighted by atomic mass is 16.5. The van der Waals surface area contributed by atoms with Gasteiger partial charge in [-0.3, -0.25) is 4.90 Å². The van der Waals surface area contributed by atoms with Crippen molar-refractivity contribution < 1.29 is 4.74 Å². The molecule has 0 spiro atoms. The molecule has 2 aliphatic heterocycles. The van der Waals surface area contributed by atoms with Gasteiger partial charge in [-0.25, -0.2) is 0 Å². The first kappa shape index (κ1) is 12.3. The van der Waals surface area contributed by atoms with Gasteiger partial charge in [0.2, 0.25) is 0 Å². The van der Waals surface area contributed by atoms with E-state index in [-0.39, 0.29) is 0 Å². The van der Waals surface area contributed by atoms with E-state index in [1.165, 1.54) is 45.2 Å². The summed E-state index contributed by atoms with van der Waals surface area (Å²) >= 11 is 0. The van der Waals surface area contributed by atoms with E-state index in [0.29, 0.717) is 12.1 Å². The normalized spacial score (nSPS) is 26.8. The lowest BCUT2D eigenvalue weighted by molar-refractivity contribution is 0.0745. The smallest absolute Gasteiger partial charge is 0.0480 e. The van der Waals surface area contributed by atoms with Gasteiger partial charge in [0.05, 0.1) is 0 Å². The SMILES string of the molecule is CC(CNC1CCOCC1)N1CCCCC1. The minimum atomic E-state index is 0.695. The number of ether oxygens (including phenoxy) is 1. The largest absolute Gasteiger partial charge is 0.381 e. The fourth-order valence-electron chi connectivity index (χ4n) is 2.73. The Morgan fingerprint density at radius 1 is 1.19 bits per heavy atom. The molecule has 2 aliphatic rings. The lowest BCUT2D eigenvalue weighted by atomic mass is 10.1. The Labute approximate surface area is 99.5 Å². The number of piperidine rings is 1. The third-order valence-corrected chi connectivity index (χ3v) is 3.94. The summed E-state index contributed by atoms with van der Waals surface area (Å²) in [6.45, 7) is 7.99. The number of hydrogen-bond acceptors (Lipinski definition) is 3. The summed E-state index contributed by atoms with van der Waals surface area (Å²) in [7, 11) is 0. The molecule has 0 aliphatic carbocycles. The van der Waals surface area contributed by atoms with Crippen LogP contribution in [0.4, 0.5) is 0 Å². The van der Waals surface area contributed by atoms with Gasteiger partial charge in [0.1, 0.15) is 0 Å². The van der Waals surface area contributed by atoms with Crippen LogP contribution in [-0.2, 0) is 4.74 Å². The quantitative estimate of drug-likeness (QED) is 0.788. The molecular weight excluding hydrogens is 200 g/mol. The molecule has 0 aromatic rings. The Balaban J connectivity index is 1.63. The van der Waals surface area contributed by atoms with Gasteiger partial charge >= 0.3 is 0 Å². The zero-order chi connectivity index (χ0) is 11.2. The standard InChI is InChI=1S/C13H26N2O/c1-12(15-7-3-2-4-8-15)11-14-13-5-9-16-10-6-13/h12-14H,2-11H2,1H3. The number of rotatable bonds is 4. The molecule has 0 saturated carbocycles. The molecule has 2 saturated heterocycles. The monoisotopic (exact) mass is 226 g/mol. The average molecular weight is 226 g/mol. The maximum atomic E-state index is 5.37. The van der Waals surface area contributed by atoms with E-state index in [4.69, 9.17) is 4.74 Å². The average Bonchev–Trinajstić information content (AvgIpc) is 2.38. The van der Waals surface area contributed by atoms with Crippen LogP contribution in [0.2, 0.25) is 0 Å². The van der Waals surface area contributed by atoms with Crippen molar-refractivity contribution in [1.29, 1.82) is 0 Å². The second kappa shape index (κ2) is 6.58. The zero-order valence-corrected chi connectivity index (χ0v) is 10.6. The predicted octanol–water partition coefficient (Wildman–Crippen LogP) is 1.63. The summed E-state index contributed by atoms with van der Waals surface area (Å²) in [5, 5.41) is 3.70. The van der Waals surface area contributed by atoms with Crippen LogP contribution in [0.15, 0.2) is 0 Å². The Morgan fingerprint density at radius 3 is 2.56 bits per heavy atom. The fourth-order valence-corrected chi connectivity index (χ4v) is 2.73. The molecule has 1 N–H and O–H groups in total. The Bertz CT molecular complexity index is 186. The molecule has 0 bridgehead atoms. The molecule has 0 radical (unpaired) electrons. The Kier molecular flexibility index (Phi) is 5.07. The molecule has 1 unspecified atom stereocenters. The molecule has 0 amide bonds.